The van der Waals surface area contributed by atoms with Crippen LogP contribution in [0.15, 0.2) is 30.5 Å². The second-order valence-corrected chi connectivity index (χ2v) is 10.7. The van der Waals surface area contributed by atoms with E-state index in [9.17, 15) is 9.59 Å². The summed E-state index contributed by atoms with van der Waals surface area (Å²) in [6.07, 6.45) is 2.90. The summed E-state index contributed by atoms with van der Waals surface area (Å²) in [4.78, 5) is 30.0. The molecular weight excluding hydrogens is 428 g/mol. The molecule has 0 aliphatic carbocycles. The second-order valence-electron chi connectivity index (χ2n) is 8.94. The summed E-state index contributed by atoms with van der Waals surface area (Å²) in [5.41, 5.74) is 1.25. The maximum atomic E-state index is 12.3. The average molecular weight is 457 g/mol. The van der Waals surface area contributed by atoms with Gasteiger partial charge in [-0.05, 0) is 49.9 Å². The molecule has 2 aromatic rings. The molecule has 0 bridgehead atoms. The molecule has 8 nitrogen and oxygen atoms in total. The van der Waals surface area contributed by atoms with Gasteiger partial charge in [0.05, 0.1) is 11.3 Å². The molecular formula is C23H28N4O4S. The van der Waals surface area contributed by atoms with E-state index in [1.54, 1.807) is 11.1 Å². The first-order chi connectivity index (χ1) is 15.2. The topological polar surface area (TPSA) is 105 Å². The van der Waals surface area contributed by atoms with Crippen LogP contribution in [-0.2, 0) is 9.53 Å². The predicted octanol–water partition coefficient (Wildman–Crippen LogP) is 3.50. The number of ether oxygens (including phenoxy) is 2. The van der Waals surface area contributed by atoms with E-state index in [0.29, 0.717) is 18.8 Å². The first-order valence-electron chi connectivity index (χ1n) is 10.6. The van der Waals surface area contributed by atoms with Crippen LogP contribution in [0.1, 0.15) is 39.2 Å². The molecule has 4 rings (SSSR count). The summed E-state index contributed by atoms with van der Waals surface area (Å²) in [7, 11) is -0.538. The number of amides is 2. The lowest BCUT2D eigenvalue weighted by atomic mass is 10.1. The number of pyridine rings is 1. The van der Waals surface area contributed by atoms with Crippen LogP contribution in [0.2, 0.25) is 0 Å². The number of piperidine rings is 1. The Labute approximate surface area is 189 Å². The number of nitrogens with one attached hydrogen (secondary N) is 2. The number of nitrogens with zero attached hydrogens (tertiary/aromatic N) is 2. The molecule has 0 saturated carbocycles. The summed E-state index contributed by atoms with van der Waals surface area (Å²) >= 11 is 0. The van der Waals surface area contributed by atoms with Gasteiger partial charge in [0.15, 0.2) is 5.17 Å². The molecule has 3 heterocycles. The maximum Gasteiger partial charge on any atom is 0.410 e. The Morgan fingerprint density at radius 1 is 1.28 bits per heavy atom. The van der Waals surface area contributed by atoms with Gasteiger partial charge in [-0.1, -0.05) is 6.07 Å². The van der Waals surface area contributed by atoms with Crippen LogP contribution in [0, 0.1) is 5.41 Å². The van der Waals surface area contributed by atoms with Crippen molar-refractivity contribution >= 4 is 43.9 Å². The zero-order valence-electron chi connectivity index (χ0n) is 18.5. The summed E-state index contributed by atoms with van der Waals surface area (Å²) in [5.74, 6) is 0.961. The number of hydrogen-bond acceptors (Lipinski definition) is 6. The lowest BCUT2D eigenvalue weighted by Gasteiger charge is -2.33. The van der Waals surface area contributed by atoms with Crippen LogP contribution >= 0.6 is 10.5 Å². The van der Waals surface area contributed by atoms with Crippen molar-refractivity contribution in [3.05, 3.63) is 36.0 Å². The number of hydrogen-bond donors (Lipinski definition) is 2. The minimum Gasteiger partial charge on any atom is -0.490 e. The normalized spacial score (nSPS) is 20.0. The van der Waals surface area contributed by atoms with E-state index in [-0.39, 0.29) is 23.3 Å². The van der Waals surface area contributed by atoms with Crippen molar-refractivity contribution in [2.24, 2.45) is 0 Å². The fraction of sp³-hybridized carbons (Fsp3) is 0.435. The van der Waals surface area contributed by atoms with Gasteiger partial charge in [0, 0.05) is 37.5 Å². The second kappa shape index (κ2) is 8.90. The standard InChI is InChI=1S/C23H28N4O4S/c1-23(2,3)31-22(29)27-10-7-16(8-11-27)30-19-6-9-25-18-5-4-15(12-17(18)19)13-32-14-20(28)26-21(32)24/h4-6,9,12-13,16H,7-8,10-11,14H2,1-3H3,(H2,24,26,28). The van der Waals surface area contributed by atoms with Crippen molar-refractivity contribution in [1.29, 1.82) is 5.41 Å². The fourth-order valence-corrected chi connectivity index (χ4v) is 5.10. The lowest BCUT2D eigenvalue weighted by Crippen LogP contribution is -2.44. The first kappa shape index (κ1) is 22.3. The third-order valence-electron chi connectivity index (χ3n) is 5.19. The monoisotopic (exact) mass is 456 g/mol. The van der Waals surface area contributed by atoms with Gasteiger partial charge in [-0.3, -0.25) is 15.2 Å². The van der Waals surface area contributed by atoms with E-state index in [1.807, 2.05) is 50.4 Å². The van der Waals surface area contributed by atoms with Gasteiger partial charge in [0.1, 0.15) is 17.5 Å². The number of carbonyl (C=O) groups excluding carboxylic acids is 2. The van der Waals surface area contributed by atoms with Crippen LogP contribution in [0.4, 0.5) is 4.79 Å². The molecule has 32 heavy (non-hydrogen) atoms. The Kier molecular flexibility index (Phi) is 6.19. The van der Waals surface area contributed by atoms with Gasteiger partial charge in [-0.15, -0.1) is 10.5 Å². The van der Waals surface area contributed by atoms with Crippen molar-refractivity contribution in [3.63, 3.8) is 0 Å². The molecule has 0 spiro atoms. The van der Waals surface area contributed by atoms with E-state index in [4.69, 9.17) is 14.9 Å². The summed E-state index contributed by atoms with van der Waals surface area (Å²) in [6.45, 7) is 6.78. The maximum absolute atomic E-state index is 12.3. The molecule has 9 heteroatoms. The zero-order valence-corrected chi connectivity index (χ0v) is 19.3. The summed E-state index contributed by atoms with van der Waals surface area (Å²) < 4.78 is 11.8. The van der Waals surface area contributed by atoms with E-state index >= 15 is 0 Å². The van der Waals surface area contributed by atoms with Gasteiger partial charge in [-0.2, -0.15) is 0 Å². The van der Waals surface area contributed by atoms with Crippen LogP contribution in [0.5, 0.6) is 5.75 Å². The molecule has 1 aromatic heterocycles. The summed E-state index contributed by atoms with van der Waals surface area (Å²) in [6, 6.07) is 7.73. The molecule has 2 saturated heterocycles. The largest absolute Gasteiger partial charge is 0.490 e. The highest BCUT2D eigenvalue weighted by molar-refractivity contribution is 8.29. The molecule has 2 amide bonds. The minimum atomic E-state index is -0.538. The van der Waals surface area contributed by atoms with Gasteiger partial charge in [0.25, 0.3) is 0 Å². The van der Waals surface area contributed by atoms with E-state index in [0.717, 1.165) is 35.1 Å². The quantitative estimate of drug-likeness (QED) is 0.688. The number of rotatable bonds is 3. The molecule has 0 radical (unpaired) electrons. The smallest absolute Gasteiger partial charge is 0.410 e. The average Bonchev–Trinajstić information content (AvgIpc) is 3.04. The Bertz CT molecular complexity index is 1100. The Hall–Kier alpha value is -2.94. The molecule has 1 atom stereocenters. The van der Waals surface area contributed by atoms with E-state index in [1.165, 1.54) is 0 Å². The number of fused-ring (bicyclic) bond motifs is 1. The highest BCUT2D eigenvalue weighted by Crippen LogP contribution is 2.29. The molecule has 2 fully saturated rings. The third-order valence-corrected chi connectivity index (χ3v) is 6.95. The molecule has 2 N–H and O–H groups in total. The Morgan fingerprint density at radius 3 is 2.69 bits per heavy atom. The van der Waals surface area contributed by atoms with E-state index < -0.39 is 16.1 Å². The van der Waals surface area contributed by atoms with Gasteiger partial charge < -0.3 is 19.7 Å². The number of aromatic nitrogens is 1. The molecule has 1 aromatic carbocycles. The fourth-order valence-electron chi connectivity index (χ4n) is 3.68. The first-order valence-corrected chi connectivity index (χ1v) is 12.1. The SMILES string of the molecule is CC(C)(C)OC(=O)N1CCC(Oc2ccnc3ccc(/C=S4/CC(=O)NC4=N)cc23)CC1. The van der Waals surface area contributed by atoms with Crippen molar-refractivity contribution < 1.29 is 19.1 Å². The van der Waals surface area contributed by atoms with Gasteiger partial charge in [0.2, 0.25) is 5.91 Å². The van der Waals surface area contributed by atoms with E-state index in [2.05, 4.69) is 10.3 Å². The number of benzene rings is 1. The van der Waals surface area contributed by atoms with Crippen LogP contribution in [0.25, 0.3) is 10.9 Å². The molecule has 2 aliphatic rings. The Balaban J connectivity index is 1.47. The Morgan fingerprint density at radius 2 is 2.03 bits per heavy atom. The van der Waals surface area contributed by atoms with Crippen molar-refractivity contribution in [1.82, 2.24) is 15.2 Å². The number of carbonyl (C=O) groups is 2. The zero-order chi connectivity index (χ0) is 22.9. The highest BCUT2D eigenvalue weighted by atomic mass is 32.2. The molecule has 170 valence electrons. The molecule has 2 aliphatic heterocycles. The lowest BCUT2D eigenvalue weighted by molar-refractivity contribution is -0.116. The predicted molar refractivity (Wildman–Crippen MR) is 127 cm³/mol. The van der Waals surface area contributed by atoms with Crippen LogP contribution < -0.4 is 10.1 Å². The van der Waals surface area contributed by atoms with Crippen molar-refractivity contribution in [2.75, 3.05) is 18.8 Å². The van der Waals surface area contributed by atoms with Crippen LogP contribution in [0.3, 0.4) is 0 Å². The molecule has 1 unspecified atom stereocenters. The van der Waals surface area contributed by atoms with Gasteiger partial charge in [-0.25, -0.2) is 4.79 Å². The third kappa shape index (κ3) is 5.27. The van der Waals surface area contributed by atoms with Crippen molar-refractivity contribution in [2.45, 2.75) is 45.3 Å². The minimum absolute atomic E-state index is 0.00127. The van der Waals surface area contributed by atoms with Crippen LogP contribution in [-0.4, -0.2) is 63.0 Å². The van der Waals surface area contributed by atoms with Crippen molar-refractivity contribution in [3.8, 4) is 5.75 Å². The summed E-state index contributed by atoms with van der Waals surface area (Å²) in [5, 5.41) is 13.6. The number of likely N-dealkylation sites (tertiary alicyclic amines) is 1. The van der Waals surface area contributed by atoms with Gasteiger partial charge >= 0.3 is 6.09 Å². The highest BCUT2D eigenvalue weighted by Gasteiger charge is 2.28. The number of amidine groups is 1.